The minimum Gasteiger partial charge on any atom is -0.382 e. The van der Waals surface area contributed by atoms with Gasteiger partial charge in [-0.3, -0.25) is 0 Å². The largest absolute Gasteiger partial charge is 0.382 e. The molecule has 104 valence electrons. The van der Waals surface area contributed by atoms with E-state index in [2.05, 4.69) is 39.4 Å². The summed E-state index contributed by atoms with van der Waals surface area (Å²) in [5, 5.41) is 4.87. The molecule has 0 spiro atoms. The highest BCUT2D eigenvalue weighted by Gasteiger charge is 2.18. The van der Waals surface area contributed by atoms with Crippen LogP contribution in [-0.2, 0) is 12.8 Å². The fraction of sp³-hybridized carbons (Fsp3) is 0.250. The first-order valence-corrected chi connectivity index (χ1v) is 8.15. The zero-order valence-corrected chi connectivity index (χ0v) is 13.9. The van der Waals surface area contributed by atoms with E-state index in [0.29, 0.717) is 16.1 Å². The molecule has 0 aromatic heterocycles. The van der Waals surface area contributed by atoms with Gasteiger partial charge in [0, 0.05) is 26.2 Å². The second kappa shape index (κ2) is 5.97. The van der Waals surface area contributed by atoms with E-state index in [9.17, 15) is 0 Å². The fourth-order valence-corrected chi connectivity index (χ4v) is 3.65. The van der Waals surface area contributed by atoms with E-state index in [4.69, 9.17) is 23.2 Å². The zero-order valence-electron chi connectivity index (χ0n) is 10.8. The molecule has 2 aromatic rings. The summed E-state index contributed by atoms with van der Waals surface area (Å²) in [7, 11) is 0. The van der Waals surface area contributed by atoms with E-state index in [1.807, 2.05) is 12.1 Å². The standard InChI is InChI=1S/C16H14BrCl2N/c17-12-3-1-11-6-15(4-2-10(11)5-12)20-16-8-13(18)7-14(19)9-16/h1,3,5,7-9,15,20H,2,4,6H2. The first kappa shape index (κ1) is 14.2. The normalized spacial score (nSPS) is 17.6. The third-order valence-electron chi connectivity index (χ3n) is 3.63. The summed E-state index contributed by atoms with van der Waals surface area (Å²) in [6.07, 6.45) is 3.25. The molecule has 0 saturated carbocycles. The minimum absolute atomic E-state index is 0.429. The van der Waals surface area contributed by atoms with Crippen LogP contribution in [0.3, 0.4) is 0 Å². The van der Waals surface area contributed by atoms with Gasteiger partial charge in [0.25, 0.3) is 0 Å². The highest BCUT2D eigenvalue weighted by atomic mass is 79.9. The summed E-state index contributed by atoms with van der Waals surface area (Å²) < 4.78 is 1.16. The van der Waals surface area contributed by atoms with E-state index in [1.54, 1.807) is 6.07 Å². The molecule has 1 aliphatic carbocycles. The van der Waals surface area contributed by atoms with E-state index in [0.717, 1.165) is 29.4 Å². The van der Waals surface area contributed by atoms with Gasteiger partial charge in [0.1, 0.15) is 0 Å². The third-order valence-corrected chi connectivity index (χ3v) is 4.56. The van der Waals surface area contributed by atoms with Crippen molar-refractivity contribution in [3.8, 4) is 0 Å². The van der Waals surface area contributed by atoms with Gasteiger partial charge in [0.15, 0.2) is 0 Å². The van der Waals surface area contributed by atoms with Gasteiger partial charge in [0.05, 0.1) is 0 Å². The average molecular weight is 371 g/mol. The zero-order chi connectivity index (χ0) is 14.1. The van der Waals surface area contributed by atoms with Crippen LogP contribution in [-0.4, -0.2) is 6.04 Å². The van der Waals surface area contributed by atoms with Crippen LogP contribution < -0.4 is 5.32 Å². The molecule has 20 heavy (non-hydrogen) atoms. The molecule has 1 N–H and O–H groups in total. The third kappa shape index (κ3) is 3.30. The van der Waals surface area contributed by atoms with E-state index < -0.39 is 0 Å². The van der Waals surface area contributed by atoms with Crippen LogP contribution >= 0.6 is 39.1 Å². The summed E-state index contributed by atoms with van der Waals surface area (Å²) >= 11 is 15.6. The van der Waals surface area contributed by atoms with Crippen LogP contribution in [0.25, 0.3) is 0 Å². The van der Waals surface area contributed by atoms with Crippen LogP contribution in [0.2, 0.25) is 10.0 Å². The summed E-state index contributed by atoms with van der Waals surface area (Å²) in [5.41, 5.74) is 3.86. The SMILES string of the molecule is Clc1cc(Cl)cc(NC2CCc3cc(Br)ccc3C2)c1. The lowest BCUT2D eigenvalue weighted by Gasteiger charge is -2.26. The molecule has 1 unspecified atom stereocenters. The van der Waals surface area contributed by atoms with Gasteiger partial charge in [-0.15, -0.1) is 0 Å². The molecule has 0 aliphatic heterocycles. The van der Waals surface area contributed by atoms with Crippen molar-refractivity contribution >= 4 is 44.8 Å². The van der Waals surface area contributed by atoms with Gasteiger partial charge in [-0.1, -0.05) is 45.2 Å². The molecule has 4 heteroatoms. The Bertz CT molecular complexity index is 622. The topological polar surface area (TPSA) is 12.0 Å². The van der Waals surface area contributed by atoms with Crippen LogP contribution in [0, 0.1) is 0 Å². The van der Waals surface area contributed by atoms with E-state index in [-0.39, 0.29) is 0 Å². The number of nitrogens with one attached hydrogen (secondary N) is 1. The van der Waals surface area contributed by atoms with Crippen LogP contribution in [0.15, 0.2) is 40.9 Å². The Hall–Kier alpha value is -0.700. The molecule has 1 aliphatic rings. The van der Waals surface area contributed by atoms with Crippen molar-refractivity contribution in [2.45, 2.75) is 25.3 Å². The number of benzene rings is 2. The number of hydrogen-bond acceptors (Lipinski definition) is 1. The number of hydrogen-bond donors (Lipinski definition) is 1. The molecule has 0 heterocycles. The van der Waals surface area contributed by atoms with Gasteiger partial charge >= 0.3 is 0 Å². The molecular formula is C16H14BrCl2N. The summed E-state index contributed by atoms with van der Waals surface area (Å²) in [4.78, 5) is 0. The molecular weight excluding hydrogens is 357 g/mol. The van der Waals surface area contributed by atoms with Crippen molar-refractivity contribution in [1.29, 1.82) is 0 Å². The van der Waals surface area contributed by atoms with Crippen LogP contribution in [0.5, 0.6) is 0 Å². The molecule has 0 bridgehead atoms. The van der Waals surface area contributed by atoms with Crippen molar-refractivity contribution in [1.82, 2.24) is 0 Å². The van der Waals surface area contributed by atoms with Crippen LogP contribution in [0.1, 0.15) is 17.5 Å². The maximum atomic E-state index is 6.04. The predicted molar refractivity (Wildman–Crippen MR) is 90.0 cm³/mol. The summed E-state index contributed by atoms with van der Waals surface area (Å²) in [5.74, 6) is 0. The average Bonchev–Trinajstić information content (AvgIpc) is 2.38. The molecule has 0 saturated heterocycles. The quantitative estimate of drug-likeness (QED) is 0.712. The Morgan fingerprint density at radius 3 is 2.50 bits per heavy atom. The van der Waals surface area contributed by atoms with Crippen molar-refractivity contribution in [2.24, 2.45) is 0 Å². The van der Waals surface area contributed by atoms with Crippen molar-refractivity contribution in [3.05, 3.63) is 62.0 Å². The Kier molecular flexibility index (Phi) is 4.25. The Labute approximate surface area is 137 Å². The molecule has 3 rings (SSSR count). The Morgan fingerprint density at radius 1 is 1.00 bits per heavy atom. The van der Waals surface area contributed by atoms with Crippen LogP contribution in [0.4, 0.5) is 5.69 Å². The molecule has 0 radical (unpaired) electrons. The smallest absolute Gasteiger partial charge is 0.0441 e. The lowest BCUT2D eigenvalue weighted by Crippen LogP contribution is -2.27. The summed E-state index contributed by atoms with van der Waals surface area (Å²) in [6, 6.07) is 12.6. The predicted octanol–water partition coefficient (Wildman–Crippen LogP) is 5.73. The number of aryl methyl sites for hydroxylation is 1. The lowest BCUT2D eigenvalue weighted by molar-refractivity contribution is 0.610. The molecule has 1 atom stereocenters. The Morgan fingerprint density at radius 2 is 1.75 bits per heavy atom. The van der Waals surface area contributed by atoms with Gasteiger partial charge in [0.2, 0.25) is 0 Å². The van der Waals surface area contributed by atoms with Crippen molar-refractivity contribution < 1.29 is 0 Å². The molecule has 2 aromatic carbocycles. The van der Waals surface area contributed by atoms with Gasteiger partial charge in [-0.25, -0.2) is 0 Å². The first-order valence-electron chi connectivity index (χ1n) is 6.60. The van der Waals surface area contributed by atoms with Gasteiger partial charge in [-0.2, -0.15) is 0 Å². The van der Waals surface area contributed by atoms with Crippen molar-refractivity contribution in [3.63, 3.8) is 0 Å². The molecule has 0 fully saturated rings. The maximum Gasteiger partial charge on any atom is 0.0441 e. The highest BCUT2D eigenvalue weighted by Crippen LogP contribution is 2.28. The minimum atomic E-state index is 0.429. The van der Waals surface area contributed by atoms with E-state index in [1.165, 1.54) is 11.1 Å². The van der Waals surface area contributed by atoms with E-state index >= 15 is 0 Å². The lowest BCUT2D eigenvalue weighted by atomic mass is 9.88. The number of halogens is 3. The number of anilines is 1. The highest BCUT2D eigenvalue weighted by molar-refractivity contribution is 9.10. The fourth-order valence-electron chi connectivity index (χ4n) is 2.72. The first-order chi connectivity index (χ1) is 9.60. The summed E-state index contributed by atoms with van der Waals surface area (Å²) in [6.45, 7) is 0. The van der Waals surface area contributed by atoms with Gasteiger partial charge < -0.3 is 5.32 Å². The second-order valence-corrected chi connectivity index (χ2v) is 6.94. The monoisotopic (exact) mass is 369 g/mol. The van der Waals surface area contributed by atoms with Crippen molar-refractivity contribution in [2.75, 3.05) is 5.32 Å². The molecule has 1 nitrogen and oxygen atoms in total. The maximum absolute atomic E-state index is 6.04. The Balaban J connectivity index is 1.75. The number of fused-ring (bicyclic) bond motifs is 1. The molecule has 0 amide bonds. The second-order valence-electron chi connectivity index (χ2n) is 5.16. The van der Waals surface area contributed by atoms with Gasteiger partial charge in [-0.05, 0) is 60.7 Å². The number of rotatable bonds is 2.